The van der Waals surface area contributed by atoms with Crippen LogP contribution in [0, 0.1) is 17.1 Å². The van der Waals surface area contributed by atoms with E-state index in [1.807, 2.05) is 29.6 Å². The van der Waals surface area contributed by atoms with E-state index in [2.05, 4.69) is 27.0 Å². The Balaban J connectivity index is 1.96. The number of aromatic nitrogens is 1. The van der Waals surface area contributed by atoms with Gasteiger partial charge in [0.1, 0.15) is 16.9 Å². The standard InChI is InChI=1S/C18H10BrFN2S/c19-16-4-2-1-3-13(16)9-14(10-21)18-22-17(11-23-18)12-5-7-15(20)8-6-12/h1-9,11H. The first-order chi connectivity index (χ1) is 11.2. The molecular weight excluding hydrogens is 375 g/mol. The molecule has 0 amide bonds. The molecule has 3 aromatic rings. The third kappa shape index (κ3) is 3.55. The Morgan fingerprint density at radius 2 is 1.91 bits per heavy atom. The van der Waals surface area contributed by atoms with E-state index < -0.39 is 0 Å². The normalized spacial score (nSPS) is 11.3. The van der Waals surface area contributed by atoms with Crippen LogP contribution in [-0.4, -0.2) is 4.98 Å². The molecule has 0 saturated carbocycles. The van der Waals surface area contributed by atoms with E-state index in [9.17, 15) is 9.65 Å². The van der Waals surface area contributed by atoms with Gasteiger partial charge in [-0.05, 0) is 42.0 Å². The molecule has 0 atom stereocenters. The van der Waals surface area contributed by atoms with Crippen LogP contribution in [0.5, 0.6) is 0 Å². The smallest absolute Gasteiger partial charge is 0.134 e. The van der Waals surface area contributed by atoms with Gasteiger partial charge in [-0.25, -0.2) is 9.37 Å². The fourth-order valence-electron chi connectivity index (χ4n) is 2.04. The number of thiazole rings is 1. The Morgan fingerprint density at radius 1 is 1.17 bits per heavy atom. The molecule has 0 N–H and O–H groups in total. The van der Waals surface area contributed by atoms with Gasteiger partial charge in [-0.15, -0.1) is 11.3 Å². The quantitative estimate of drug-likeness (QED) is 0.536. The molecule has 0 unspecified atom stereocenters. The number of benzene rings is 2. The minimum atomic E-state index is -0.282. The van der Waals surface area contributed by atoms with Gasteiger partial charge in [-0.1, -0.05) is 34.1 Å². The molecule has 0 fully saturated rings. The van der Waals surface area contributed by atoms with Crippen molar-refractivity contribution in [3.8, 4) is 17.3 Å². The molecule has 0 aliphatic carbocycles. The molecule has 1 heterocycles. The van der Waals surface area contributed by atoms with Gasteiger partial charge in [-0.2, -0.15) is 5.26 Å². The number of nitriles is 1. The Kier molecular flexibility index (Phi) is 4.65. The highest BCUT2D eigenvalue weighted by atomic mass is 79.9. The monoisotopic (exact) mass is 384 g/mol. The van der Waals surface area contributed by atoms with E-state index in [1.165, 1.54) is 23.5 Å². The SMILES string of the molecule is N#CC(=Cc1ccccc1Br)c1nc(-c2ccc(F)cc2)cs1. The number of halogens is 2. The highest BCUT2D eigenvalue weighted by Crippen LogP contribution is 2.28. The first-order valence-corrected chi connectivity index (χ1v) is 8.43. The van der Waals surface area contributed by atoms with E-state index >= 15 is 0 Å². The van der Waals surface area contributed by atoms with Crippen LogP contribution in [0.4, 0.5) is 4.39 Å². The third-order valence-corrected chi connectivity index (χ3v) is 4.80. The maximum atomic E-state index is 13.0. The van der Waals surface area contributed by atoms with Crippen LogP contribution >= 0.6 is 27.3 Å². The van der Waals surface area contributed by atoms with Crippen molar-refractivity contribution in [3.63, 3.8) is 0 Å². The number of hydrogen-bond acceptors (Lipinski definition) is 3. The number of nitrogens with zero attached hydrogens (tertiary/aromatic N) is 2. The second-order valence-electron chi connectivity index (χ2n) is 4.74. The van der Waals surface area contributed by atoms with E-state index in [0.29, 0.717) is 10.6 Å². The van der Waals surface area contributed by atoms with Crippen molar-refractivity contribution >= 4 is 38.9 Å². The third-order valence-electron chi connectivity index (χ3n) is 3.20. The largest absolute Gasteiger partial charge is 0.235 e. The second kappa shape index (κ2) is 6.86. The van der Waals surface area contributed by atoms with Crippen molar-refractivity contribution < 1.29 is 4.39 Å². The van der Waals surface area contributed by atoms with Gasteiger partial charge in [-0.3, -0.25) is 0 Å². The molecule has 1 aromatic heterocycles. The molecule has 0 aliphatic heterocycles. The van der Waals surface area contributed by atoms with Crippen molar-refractivity contribution in [2.24, 2.45) is 0 Å². The molecular formula is C18H10BrFN2S. The Morgan fingerprint density at radius 3 is 2.61 bits per heavy atom. The van der Waals surface area contributed by atoms with Gasteiger partial charge < -0.3 is 0 Å². The number of allylic oxidation sites excluding steroid dienone is 1. The molecule has 112 valence electrons. The highest BCUT2D eigenvalue weighted by Gasteiger charge is 2.10. The minimum Gasteiger partial charge on any atom is -0.235 e. The molecule has 2 nitrogen and oxygen atoms in total. The predicted octanol–water partition coefficient (Wildman–Crippen LogP) is 5.78. The van der Waals surface area contributed by atoms with Crippen molar-refractivity contribution in [1.29, 1.82) is 5.26 Å². The summed E-state index contributed by atoms with van der Waals surface area (Å²) in [5.74, 6) is -0.282. The minimum absolute atomic E-state index is 0.282. The van der Waals surface area contributed by atoms with E-state index in [-0.39, 0.29) is 5.82 Å². The summed E-state index contributed by atoms with van der Waals surface area (Å²) in [6.07, 6.45) is 1.80. The molecule has 3 rings (SSSR count). The molecule has 0 spiro atoms. The van der Waals surface area contributed by atoms with Gasteiger partial charge in [0, 0.05) is 15.4 Å². The fourth-order valence-corrected chi connectivity index (χ4v) is 3.23. The van der Waals surface area contributed by atoms with Crippen LogP contribution in [0.1, 0.15) is 10.6 Å². The average molecular weight is 385 g/mol. The lowest BCUT2D eigenvalue weighted by Gasteiger charge is -1.99. The second-order valence-corrected chi connectivity index (χ2v) is 6.45. The first-order valence-electron chi connectivity index (χ1n) is 6.75. The summed E-state index contributed by atoms with van der Waals surface area (Å²) >= 11 is 4.86. The lowest BCUT2D eigenvalue weighted by molar-refractivity contribution is 0.628. The van der Waals surface area contributed by atoms with Gasteiger partial charge >= 0.3 is 0 Å². The fraction of sp³-hybridized carbons (Fsp3) is 0. The van der Waals surface area contributed by atoms with Gasteiger partial charge in [0.15, 0.2) is 0 Å². The van der Waals surface area contributed by atoms with Gasteiger partial charge in [0.25, 0.3) is 0 Å². The van der Waals surface area contributed by atoms with Crippen LogP contribution in [0.2, 0.25) is 0 Å². The highest BCUT2D eigenvalue weighted by molar-refractivity contribution is 9.10. The van der Waals surface area contributed by atoms with Crippen molar-refractivity contribution in [2.45, 2.75) is 0 Å². The lowest BCUT2D eigenvalue weighted by Crippen LogP contribution is -1.84. The summed E-state index contributed by atoms with van der Waals surface area (Å²) in [6, 6.07) is 16.0. The molecule has 0 bridgehead atoms. The predicted molar refractivity (Wildman–Crippen MR) is 95.1 cm³/mol. The topological polar surface area (TPSA) is 36.7 Å². The van der Waals surface area contributed by atoms with Crippen molar-refractivity contribution in [2.75, 3.05) is 0 Å². The van der Waals surface area contributed by atoms with Crippen LogP contribution in [0.3, 0.4) is 0 Å². The van der Waals surface area contributed by atoms with Gasteiger partial charge in [0.05, 0.1) is 11.3 Å². The summed E-state index contributed by atoms with van der Waals surface area (Å²) in [5, 5.41) is 11.9. The summed E-state index contributed by atoms with van der Waals surface area (Å²) < 4.78 is 13.9. The van der Waals surface area contributed by atoms with Crippen LogP contribution in [0.15, 0.2) is 58.4 Å². The molecule has 0 aliphatic rings. The Hall–Kier alpha value is -2.29. The van der Waals surface area contributed by atoms with E-state index in [0.717, 1.165) is 21.3 Å². The zero-order valence-electron chi connectivity index (χ0n) is 11.8. The number of rotatable bonds is 3. The molecule has 23 heavy (non-hydrogen) atoms. The van der Waals surface area contributed by atoms with E-state index in [1.54, 1.807) is 18.2 Å². The Labute approximate surface area is 145 Å². The first kappa shape index (κ1) is 15.6. The average Bonchev–Trinajstić information content (AvgIpc) is 3.04. The van der Waals surface area contributed by atoms with Crippen LogP contribution in [0.25, 0.3) is 22.9 Å². The maximum Gasteiger partial charge on any atom is 0.134 e. The maximum absolute atomic E-state index is 13.0. The van der Waals surface area contributed by atoms with Crippen molar-refractivity contribution in [1.82, 2.24) is 4.98 Å². The summed E-state index contributed by atoms with van der Waals surface area (Å²) in [4.78, 5) is 4.50. The molecule has 5 heteroatoms. The Bertz CT molecular complexity index is 907. The zero-order valence-corrected chi connectivity index (χ0v) is 14.2. The summed E-state index contributed by atoms with van der Waals surface area (Å²) in [5.41, 5.74) is 2.98. The lowest BCUT2D eigenvalue weighted by atomic mass is 10.1. The zero-order chi connectivity index (χ0) is 16.2. The van der Waals surface area contributed by atoms with E-state index in [4.69, 9.17) is 0 Å². The molecule has 0 saturated heterocycles. The summed E-state index contributed by atoms with van der Waals surface area (Å²) in [7, 11) is 0. The summed E-state index contributed by atoms with van der Waals surface area (Å²) in [6.45, 7) is 0. The molecule has 0 radical (unpaired) electrons. The van der Waals surface area contributed by atoms with Crippen LogP contribution < -0.4 is 0 Å². The molecule has 2 aromatic carbocycles. The van der Waals surface area contributed by atoms with Crippen LogP contribution in [-0.2, 0) is 0 Å². The number of hydrogen-bond donors (Lipinski definition) is 0. The van der Waals surface area contributed by atoms with Crippen molar-refractivity contribution in [3.05, 3.63) is 74.8 Å². The van der Waals surface area contributed by atoms with Gasteiger partial charge in [0.2, 0.25) is 0 Å².